The molecule has 0 aliphatic heterocycles. The molecule has 1 aromatic rings. The number of halogens is 2. The van der Waals surface area contributed by atoms with Gasteiger partial charge in [0.15, 0.2) is 0 Å². The van der Waals surface area contributed by atoms with E-state index in [1.165, 1.54) is 0 Å². The molecule has 52 valence electrons. The van der Waals surface area contributed by atoms with E-state index in [4.69, 9.17) is 18.6 Å². The minimum atomic E-state index is -1.81. The molecule has 3 heteroatoms. The second-order valence-electron chi connectivity index (χ2n) is 1.84. The number of hydrogen-bond donors (Lipinski definition) is 0. The maximum absolute atomic E-state index is 5.69. The molecule has 0 saturated carbocycles. The van der Waals surface area contributed by atoms with E-state index in [1.807, 2.05) is 34.6 Å². The quantitative estimate of drug-likeness (QED) is 0.623. The van der Waals surface area contributed by atoms with Crippen molar-refractivity contribution in [2.75, 3.05) is 0 Å². The Kier molecular flexibility index (Phi) is 3.65. The molecule has 0 atom stereocenters. The average molecular weight is 209 g/mol. The Balaban J connectivity index is 2.87. The molecule has 0 fully saturated rings. The summed E-state index contributed by atoms with van der Waals surface area (Å²) in [6.07, 6.45) is 0. The summed E-state index contributed by atoms with van der Waals surface area (Å²) in [5.74, 6) is 0. The van der Waals surface area contributed by atoms with E-state index in [0.29, 0.717) is 0 Å². The van der Waals surface area contributed by atoms with Crippen LogP contribution in [0.15, 0.2) is 30.3 Å². The zero-order chi connectivity index (χ0) is 7.40. The molecule has 0 spiro atoms. The Morgan fingerprint density at radius 3 is 2.20 bits per heavy atom. The van der Waals surface area contributed by atoms with Crippen LogP contribution in [-0.4, -0.2) is 4.31 Å². The van der Waals surface area contributed by atoms with E-state index >= 15 is 0 Å². The van der Waals surface area contributed by atoms with Gasteiger partial charge >= 0.3 is 74.1 Å². The first-order valence-corrected chi connectivity index (χ1v) is 8.06. The minimum absolute atomic E-state index is 1.13. The van der Waals surface area contributed by atoms with Crippen LogP contribution in [-0.2, 0) is 15.3 Å². The molecular weight excluding hydrogens is 203 g/mol. The van der Waals surface area contributed by atoms with Crippen molar-refractivity contribution in [3.63, 3.8) is 0 Å². The molecule has 0 unspecified atom stereocenters. The molecule has 1 aromatic carbocycles. The molecule has 0 nitrogen and oxygen atoms in total. The normalized spacial score (nSPS) is 9.00. The van der Waals surface area contributed by atoms with Crippen molar-refractivity contribution in [2.24, 2.45) is 0 Å². The van der Waals surface area contributed by atoms with Crippen LogP contribution in [0.4, 0.5) is 0 Å². The number of hydrogen-bond acceptors (Lipinski definition) is 0. The van der Waals surface area contributed by atoms with Crippen molar-refractivity contribution in [3.05, 3.63) is 35.9 Å². The third-order valence-electron chi connectivity index (χ3n) is 1.08. The first-order chi connectivity index (χ1) is 4.79. The van der Waals surface area contributed by atoms with Crippen LogP contribution in [0, 0.1) is 0 Å². The zero-order valence-electron chi connectivity index (χ0n) is 5.22. The number of rotatable bonds is 1. The van der Waals surface area contributed by atoms with Crippen LogP contribution in [0.3, 0.4) is 0 Å². The van der Waals surface area contributed by atoms with Gasteiger partial charge in [0, 0.05) is 0 Å². The second kappa shape index (κ2) is 4.30. The van der Waals surface area contributed by atoms with Gasteiger partial charge in [-0.1, -0.05) is 0 Å². The van der Waals surface area contributed by atoms with Crippen LogP contribution < -0.4 is 0 Å². The van der Waals surface area contributed by atoms with Crippen LogP contribution in [0.5, 0.6) is 0 Å². The van der Waals surface area contributed by atoms with Crippen molar-refractivity contribution in [2.45, 2.75) is 0 Å². The first kappa shape index (κ1) is 8.48. The summed E-state index contributed by atoms with van der Waals surface area (Å²) in [5.41, 5.74) is 1.13. The summed E-state index contributed by atoms with van der Waals surface area (Å²) < 4.78 is 1.95. The van der Waals surface area contributed by atoms with Gasteiger partial charge in [-0.2, -0.15) is 0 Å². The topological polar surface area (TPSA) is 0 Å². The Morgan fingerprint density at radius 2 is 1.70 bits per heavy atom. The Labute approximate surface area is 73.9 Å². The molecule has 1 rings (SSSR count). The molecule has 0 aromatic heterocycles. The number of benzene rings is 1. The van der Waals surface area contributed by atoms with Crippen LogP contribution in [0.25, 0.3) is 0 Å². The van der Waals surface area contributed by atoms with Crippen molar-refractivity contribution in [3.8, 4) is 0 Å². The predicted molar refractivity (Wildman–Crippen MR) is 43.3 cm³/mol. The van der Waals surface area contributed by atoms with Gasteiger partial charge in [0.2, 0.25) is 0 Å². The summed E-state index contributed by atoms with van der Waals surface area (Å²) in [6, 6.07) is 9.91. The molecule has 0 heterocycles. The van der Waals surface area contributed by atoms with E-state index in [9.17, 15) is 0 Å². The van der Waals surface area contributed by atoms with Crippen molar-refractivity contribution in [1.29, 1.82) is 0 Å². The van der Waals surface area contributed by atoms with Gasteiger partial charge in [0.1, 0.15) is 0 Å². The Bertz CT molecular complexity index is 227. The SMILES string of the molecule is [Cl][Ti]([Cl])=[CH]c1ccccc1. The van der Waals surface area contributed by atoms with Gasteiger partial charge in [-0.25, -0.2) is 0 Å². The van der Waals surface area contributed by atoms with Crippen molar-refractivity contribution >= 4 is 22.9 Å². The molecule has 0 aliphatic rings. The first-order valence-electron chi connectivity index (χ1n) is 2.87. The van der Waals surface area contributed by atoms with Crippen LogP contribution in [0.2, 0.25) is 0 Å². The van der Waals surface area contributed by atoms with Crippen molar-refractivity contribution in [1.82, 2.24) is 0 Å². The van der Waals surface area contributed by atoms with Crippen LogP contribution >= 0.6 is 18.6 Å². The van der Waals surface area contributed by atoms with Gasteiger partial charge < -0.3 is 0 Å². The van der Waals surface area contributed by atoms with Crippen molar-refractivity contribution < 1.29 is 15.3 Å². The Morgan fingerprint density at radius 1 is 1.10 bits per heavy atom. The van der Waals surface area contributed by atoms with E-state index < -0.39 is 15.3 Å². The van der Waals surface area contributed by atoms with Gasteiger partial charge in [-0.05, 0) is 0 Å². The zero-order valence-corrected chi connectivity index (χ0v) is 8.29. The predicted octanol–water partition coefficient (Wildman–Crippen LogP) is 2.76. The van der Waals surface area contributed by atoms with Gasteiger partial charge in [-0.15, -0.1) is 0 Å². The van der Waals surface area contributed by atoms with E-state index in [1.54, 1.807) is 0 Å². The molecule has 0 amide bonds. The molecule has 0 radical (unpaired) electrons. The van der Waals surface area contributed by atoms with Gasteiger partial charge in [0.25, 0.3) is 0 Å². The standard InChI is InChI=1S/C7H6.2ClH.Ti/c1-7-5-3-2-4-6-7;;;/h1-6H;2*1H;/q;;;+2/p-2. The molecule has 10 heavy (non-hydrogen) atoms. The summed E-state index contributed by atoms with van der Waals surface area (Å²) in [6.45, 7) is 0. The maximum atomic E-state index is 5.69. The van der Waals surface area contributed by atoms with E-state index in [0.717, 1.165) is 5.56 Å². The average Bonchev–Trinajstić information content (AvgIpc) is 1.88. The summed E-state index contributed by atoms with van der Waals surface area (Å²) in [5, 5.41) is 0. The summed E-state index contributed by atoms with van der Waals surface area (Å²) in [4.78, 5) is 0. The van der Waals surface area contributed by atoms with Crippen LogP contribution in [0.1, 0.15) is 5.56 Å². The van der Waals surface area contributed by atoms with E-state index in [2.05, 4.69) is 0 Å². The monoisotopic (exact) mass is 208 g/mol. The molecule has 0 bridgehead atoms. The van der Waals surface area contributed by atoms with Gasteiger partial charge in [0.05, 0.1) is 0 Å². The molecule has 0 aliphatic carbocycles. The fourth-order valence-electron chi connectivity index (χ4n) is 0.675. The molecule has 0 N–H and O–H groups in total. The van der Waals surface area contributed by atoms with Gasteiger partial charge in [-0.3, -0.25) is 0 Å². The van der Waals surface area contributed by atoms with E-state index in [-0.39, 0.29) is 0 Å². The fourth-order valence-corrected chi connectivity index (χ4v) is 2.41. The third-order valence-corrected chi connectivity index (χ3v) is 2.84. The second-order valence-corrected chi connectivity index (χ2v) is 7.36. The molecule has 0 saturated heterocycles. The molecular formula is C7H6Cl2Ti. The Hall–Kier alpha value is 0.384. The summed E-state index contributed by atoms with van der Waals surface area (Å²) in [7, 11) is 11.4. The summed E-state index contributed by atoms with van der Waals surface area (Å²) >= 11 is -1.81. The fraction of sp³-hybridized carbons (Fsp3) is 0. The third kappa shape index (κ3) is 2.98.